The van der Waals surface area contributed by atoms with Crippen molar-refractivity contribution in [1.29, 1.82) is 0 Å². The normalized spacial score (nSPS) is 14.8. The van der Waals surface area contributed by atoms with Gasteiger partial charge in [-0.3, -0.25) is 14.9 Å². The number of carbonyl (C=O) groups is 1. The molecule has 11 heteroatoms. The number of halogens is 1. The summed E-state index contributed by atoms with van der Waals surface area (Å²) >= 11 is 0. The van der Waals surface area contributed by atoms with E-state index in [2.05, 4.69) is 47.3 Å². The molecule has 5 aromatic rings. The fraction of sp³-hybridized carbons (Fsp3) is 0.321. The third kappa shape index (κ3) is 4.69. The summed E-state index contributed by atoms with van der Waals surface area (Å²) in [5.74, 6) is -0.0291. The quantitative estimate of drug-likeness (QED) is 0.316. The Labute approximate surface area is 224 Å². The summed E-state index contributed by atoms with van der Waals surface area (Å²) in [4.78, 5) is 34.0. The Kier molecular flexibility index (Phi) is 6.02. The predicted molar refractivity (Wildman–Crippen MR) is 150 cm³/mol. The van der Waals surface area contributed by atoms with E-state index in [9.17, 15) is 4.79 Å². The number of fused-ring (bicyclic) bond motifs is 2. The van der Waals surface area contributed by atoms with Crippen LogP contribution >= 0.6 is 0 Å². The molecule has 0 aliphatic carbocycles. The van der Waals surface area contributed by atoms with Crippen LogP contribution in [0.15, 0.2) is 42.9 Å². The number of likely N-dealkylation sites (N-methyl/N-ethyl adjacent to an activating group) is 1. The SMILES string of the molecule is CN1CCN(c2ccnc3nc(-c4n[nH]c5cc(F)c(-c6cncc(NC(=O)C(C)(C)C)c6)cc45)[nH]c23)CC1. The molecule has 4 aromatic heterocycles. The van der Waals surface area contributed by atoms with Gasteiger partial charge in [-0.25, -0.2) is 14.4 Å². The minimum atomic E-state index is -0.572. The fourth-order valence-electron chi connectivity index (χ4n) is 4.73. The van der Waals surface area contributed by atoms with Gasteiger partial charge >= 0.3 is 0 Å². The number of aromatic amines is 2. The molecule has 0 spiro atoms. The van der Waals surface area contributed by atoms with Crippen LogP contribution in [0.4, 0.5) is 15.8 Å². The zero-order chi connectivity index (χ0) is 27.3. The van der Waals surface area contributed by atoms with E-state index in [1.807, 2.05) is 26.8 Å². The highest BCUT2D eigenvalue weighted by molar-refractivity contribution is 5.98. The Hall–Kier alpha value is -4.38. The van der Waals surface area contributed by atoms with Crippen LogP contribution in [0.1, 0.15) is 20.8 Å². The number of hydrogen-bond donors (Lipinski definition) is 3. The summed E-state index contributed by atoms with van der Waals surface area (Å²) in [7, 11) is 2.13. The van der Waals surface area contributed by atoms with Gasteiger partial charge in [-0.2, -0.15) is 5.10 Å². The lowest BCUT2D eigenvalue weighted by atomic mass is 9.95. The highest BCUT2D eigenvalue weighted by Gasteiger charge is 2.23. The number of aromatic nitrogens is 6. The summed E-state index contributed by atoms with van der Waals surface area (Å²) in [5, 5.41) is 11.0. The highest BCUT2D eigenvalue weighted by Crippen LogP contribution is 2.34. The minimum Gasteiger partial charge on any atom is -0.367 e. The van der Waals surface area contributed by atoms with Crippen LogP contribution in [0, 0.1) is 11.2 Å². The zero-order valence-corrected chi connectivity index (χ0v) is 22.3. The van der Waals surface area contributed by atoms with Gasteiger partial charge < -0.3 is 20.1 Å². The Morgan fingerprint density at radius 2 is 1.90 bits per heavy atom. The van der Waals surface area contributed by atoms with Gasteiger partial charge in [0.1, 0.15) is 17.0 Å². The number of hydrogen-bond acceptors (Lipinski definition) is 7. The third-order valence-corrected chi connectivity index (χ3v) is 7.08. The van der Waals surface area contributed by atoms with E-state index in [1.165, 1.54) is 6.07 Å². The second-order valence-electron chi connectivity index (χ2n) is 11.0. The van der Waals surface area contributed by atoms with E-state index in [0.717, 1.165) is 37.4 Å². The van der Waals surface area contributed by atoms with Crippen molar-refractivity contribution in [1.82, 2.24) is 35.0 Å². The first-order valence-electron chi connectivity index (χ1n) is 12.9. The molecule has 0 unspecified atom stereocenters. The largest absolute Gasteiger partial charge is 0.367 e. The summed E-state index contributed by atoms with van der Waals surface area (Å²) < 4.78 is 15.2. The molecule has 1 fully saturated rings. The van der Waals surface area contributed by atoms with Gasteiger partial charge in [-0.15, -0.1) is 0 Å². The van der Waals surface area contributed by atoms with Crippen LogP contribution < -0.4 is 10.2 Å². The van der Waals surface area contributed by atoms with Crippen molar-refractivity contribution < 1.29 is 9.18 Å². The van der Waals surface area contributed by atoms with Gasteiger partial charge in [0, 0.05) is 66.6 Å². The van der Waals surface area contributed by atoms with Crippen LogP contribution in [-0.4, -0.2) is 74.2 Å². The molecular formula is C28H30FN9O. The number of anilines is 2. The van der Waals surface area contributed by atoms with E-state index in [4.69, 9.17) is 4.98 Å². The molecule has 200 valence electrons. The van der Waals surface area contributed by atoms with Gasteiger partial charge in [0.05, 0.1) is 23.1 Å². The second-order valence-corrected chi connectivity index (χ2v) is 11.0. The van der Waals surface area contributed by atoms with Crippen molar-refractivity contribution >= 4 is 39.3 Å². The topological polar surface area (TPSA) is 119 Å². The molecule has 1 aromatic carbocycles. The van der Waals surface area contributed by atoms with E-state index < -0.39 is 11.2 Å². The summed E-state index contributed by atoms with van der Waals surface area (Å²) in [6.07, 6.45) is 4.89. The Balaban J connectivity index is 1.38. The van der Waals surface area contributed by atoms with Crippen molar-refractivity contribution in [3.8, 4) is 22.6 Å². The number of benzene rings is 1. The van der Waals surface area contributed by atoms with Crippen molar-refractivity contribution in [2.45, 2.75) is 20.8 Å². The van der Waals surface area contributed by atoms with Crippen molar-refractivity contribution in [2.24, 2.45) is 5.41 Å². The number of imidazole rings is 1. The zero-order valence-electron chi connectivity index (χ0n) is 22.3. The minimum absolute atomic E-state index is 0.149. The maximum absolute atomic E-state index is 15.2. The molecule has 3 N–H and O–H groups in total. The Morgan fingerprint density at radius 1 is 1.10 bits per heavy atom. The average molecular weight is 528 g/mol. The molecule has 0 saturated carbocycles. The lowest BCUT2D eigenvalue weighted by Gasteiger charge is -2.34. The van der Waals surface area contributed by atoms with Gasteiger partial charge in [0.2, 0.25) is 5.91 Å². The number of nitrogens with one attached hydrogen (secondary N) is 3. The molecule has 10 nitrogen and oxygen atoms in total. The Morgan fingerprint density at radius 3 is 2.67 bits per heavy atom. The summed E-state index contributed by atoms with van der Waals surface area (Å²) in [5.41, 5.74) is 4.43. The number of H-pyrrole nitrogens is 2. The van der Waals surface area contributed by atoms with Gasteiger partial charge in [0.15, 0.2) is 11.5 Å². The van der Waals surface area contributed by atoms with Crippen LogP contribution in [0.5, 0.6) is 0 Å². The highest BCUT2D eigenvalue weighted by atomic mass is 19.1. The van der Waals surface area contributed by atoms with Crippen LogP contribution in [0.25, 0.3) is 44.7 Å². The van der Waals surface area contributed by atoms with E-state index in [0.29, 0.717) is 44.9 Å². The first-order chi connectivity index (χ1) is 18.7. The van der Waals surface area contributed by atoms with Crippen molar-refractivity contribution in [3.05, 3.63) is 48.7 Å². The average Bonchev–Trinajstić information content (AvgIpc) is 3.52. The van der Waals surface area contributed by atoms with Gasteiger partial charge in [-0.1, -0.05) is 20.8 Å². The molecule has 0 radical (unpaired) electrons. The molecule has 1 saturated heterocycles. The van der Waals surface area contributed by atoms with E-state index >= 15 is 4.39 Å². The smallest absolute Gasteiger partial charge is 0.229 e. The number of piperazine rings is 1. The standard InChI is InChI=1S/C28H30FN9O/c1-28(2,3)27(39)32-17-11-16(14-30-15-17)18-12-19-21(13-20(18)29)35-36-23(19)26-33-24-22(5-6-31-25(24)34-26)38-9-7-37(4)8-10-38/h5-6,11-15H,7-10H2,1-4H3,(H,32,39)(H,35,36)(H,31,33,34). The van der Waals surface area contributed by atoms with E-state index in [-0.39, 0.29) is 5.91 Å². The number of rotatable bonds is 4. The van der Waals surface area contributed by atoms with Crippen molar-refractivity contribution in [2.75, 3.05) is 43.4 Å². The second kappa shape index (κ2) is 9.42. The molecule has 6 rings (SSSR count). The molecule has 1 amide bonds. The molecule has 1 aliphatic heterocycles. The first-order valence-corrected chi connectivity index (χ1v) is 12.9. The van der Waals surface area contributed by atoms with Crippen LogP contribution in [0.2, 0.25) is 0 Å². The van der Waals surface area contributed by atoms with Crippen LogP contribution in [-0.2, 0) is 4.79 Å². The number of nitrogens with zero attached hydrogens (tertiary/aromatic N) is 6. The first kappa shape index (κ1) is 24.9. The van der Waals surface area contributed by atoms with Gasteiger partial charge in [-0.05, 0) is 25.2 Å². The number of carbonyl (C=O) groups excluding carboxylic acids is 1. The summed E-state index contributed by atoms with van der Waals surface area (Å²) in [6.45, 7) is 9.29. The molecule has 5 heterocycles. The van der Waals surface area contributed by atoms with Crippen molar-refractivity contribution in [3.63, 3.8) is 0 Å². The lowest BCUT2D eigenvalue weighted by Crippen LogP contribution is -2.44. The van der Waals surface area contributed by atoms with Gasteiger partial charge in [0.25, 0.3) is 0 Å². The third-order valence-electron chi connectivity index (χ3n) is 7.08. The molecule has 0 atom stereocenters. The number of amides is 1. The number of pyridine rings is 2. The molecule has 1 aliphatic rings. The molecular weight excluding hydrogens is 497 g/mol. The molecule has 0 bridgehead atoms. The predicted octanol–water partition coefficient (Wildman–Crippen LogP) is 4.44. The van der Waals surface area contributed by atoms with Crippen LogP contribution in [0.3, 0.4) is 0 Å². The van der Waals surface area contributed by atoms with E-state index in [1.54, 1.807) is 30.7 Å². The summed E-state index contributed by atoms with van der Waals surface area (Å²) in [6, 6.07) is 6.87. The lowest BCUT2D eigenvalue weighted by molar-refractivity contribution is -0.123. The fourth-order valence-corrected chi connectivity index (χ4v) is 4.73. The molecule has 39 heavy (non-hydrogen) atoms. The monoisotopic (exact) mass is 527 g/mol. The Bertz CT molecular complexity index is 1690. The maximum atomic E-state index is 15.2. The maximum Gasteiger partial charge on any atom is 0.229 e.